The third-order valence-corrected chi connectivity index (χ3v) is 5.79. The van der Waals surface area contributed by atoms with Crippen LogP contribution in [0.1, 0.15) is 51.4 Å². The van der Waals surface area contributed by atoms with Crippen molar-refractivity contribution in [3.8, 4) is 6.07 Å². The molecule has 4 rings (SSSR count). The molecule has 1 aliphatic rings. The SMILES string of the molecule is Cn1cc(C(=O)C(=O)N[C@]2(c3cn[nH]n3)CCC(F)(F)C2)cc1C(=O)Nc1ccc(F)c(C#N)c1. The first-order valence-electron chi connectivity index (χ1n) is 10.3. The quantitative estimate of drug-likeness (QED) is 0.361. The van der Waals surface area contributed by atoms with Gasteiger partial charge in [0.2, 0.25) is 0 Å². The van der Waals surface area contributed by atoms with Gasteiger partial charge in [-0.15, -0.1) is 0 Å². The van der Waals surface area contributed by atoms with Gasteiger partial charge in [-0.1, -0.05) is 0 Å². The summed E-state index contributed by atoms with van der Waals surface area (Å²) >= 11 is 0. The zero-order valence-electron chi connectivity index (χ0n) is 18.2. The van der Waals surface area contributed by atoms with Crippen molar-refractivity contribution in [2.24, 2.45) is 7.05 Å². The highest BCUT2D eigenvalue weighted by Gasteiger charge is 2.53. The minimum atomic E-state index is -3.06. The highest BCUT2D eigenvalue weighted by molar-refractivity contribution is 6.43. The van der Waals surface area contributed by atoms with Crippen LogP contribution in [0.4, 0.5) is 18.9 Å². The molecule has 1 aliphatic carbocycles. The predicted molar refractivity (Wildman–Crippen MR) is 114 cm³/mol. The zero-order valence-corrected chi connectivity index (χ0v) is 18.2. The Morgan fingerprint density at radius 2 is 2.00 bits per heavy atom. The van der Waals surface area contributed by atoms with Gasteiger partial charge in [-0.2, -0.15) is 20.7 Å². The van der Waals surface area contributed by atoms with Crippen LogP contribution in [0.3, 0.4) is 0 Å². The van der Waals surface area contributed by atoms with Crippen LogP contribution in [0, 0.1) is 17.1 Å². The Hall–Kier alpha value is -4.47. The van der Waals surface area contributed by atoms with Gasteiger partial charge in [0.1, 0.15) is 23.3 Å². The number of benzene rings is 1. The number of nitrogens with zero attached hydrogens (tertiary/aromatic N) is 4. The minimum absolute atomic E-state index is 0.0115. The van der Waals surface area contributed by atoms with Crippen molar-refractivity contribution in [2.75, 3.05) is 5.32 Å². The lowest BCUT2D eigenvalue weighted by Crippen LogP contribution is -2.47. The van der Waals surface area contributed by atoms with Gasteiger partial charge in [0.25, 0.3) is 23.5 Å². The lowest BCUT2D eigenvalue weighted by atomic mass is 9.93. The molecule has 13 heteroatoms. The van der Waals surface area contributed by atoms with Gasteiger partial charge < -0.3 is 15.2 Å². The number of hydrogen-bond donors (Lipinski definition) is 3. The fourth-order valence-electron chi connectivity index (χ4n) is 4.04. The average Bonchev–Trinajstić information content (AvgIpc) is 3.54. The molecule has 1 aromatic carbocycles. The smallest absolute Gasteiger partial charge is 0.293 e. The maximum Gasteiger partial charge on any atom is 0.293 e. The molecule has 0 saturated heterocycles. The number of nitrogens with one attached hydrogen (secondary N) is 3. The first-order valence-corrected chi connectivity index (χ1v) is 10.3. The van der Waals surface area contributed by atoms with Gasteiger partial charge in [-0.05, 0) is 30.7 Å². The van der Waals surface area contributed by atoms with Crippen molar-refractivity contribution in [2.45, 2.75) is 30.7 Å². The van der Waals surface area contributed by atoms with E-state index in [4.69, 9.17) is 5.26 Å². The number of halogens is 3. The maximum atomic E-state index is 14.0. The van der Waals surface area contributed by atoms with Crippen molar-refractivity contribution in [3.63, 3.8) is 0 Å². The number of hydrogen-bond acceptors (Lipinski definition) is 6. The lowest BCUT2D eigenvalue weighted by molar-refractivity contribution is -0.119. The molecule has 2 heterocycles. The number of alkyl halides is 2. The van der Waals surface area contributed by atoms with Gasteiger partial charge in [0.15, 0.2) is 0 Å². The molecule has 1 saturated carbocycles. The molecule has 180 valence electrons. The molecule has 1 atom stereocenters. The minimum Gasteiger partial charge on any atom is -0.346 e. The van der Waals surface area contributed by atoms with E-state index in [2.05, 4.69) is 26.0 Å². The summed E-state index contributed by atoms with van der Waals surface area (Å²) < 4.78 is 42.8. The number of carbonyl (C=O) groups is 3. The molecule has 10 nitrogen and oxygen atoms in total. The molecular formula is C22H18F3N7O3. The zero-order chi connectivity index (χ0) is 25.4. The monoisotopic (exact) mass is 485 g/mol. The standard InChI is InChI=1S/C22H18F3N7O3/c1-32-10-13(7-16(32)19(34)28-14-2-3-15(23)12(6-14)8-26)18(33)20(35)29-21(17-9-27-31-30-17)4-5-22(24,25)11-21/h2-3,6-7,9-10H,4-5,11H2,1H3,(H,28,34)(H,29,35)(H,27,30,31)/t21-/m1/s1. The van der Waals surface area contributed by atoms with Gasteiger partial charge in [-0.25, -0.2) is 13.2 Å². The number of rotatable bonds is 6. The third-order valence-electron chi connectivity index (χ3n) is 5.79. The molecular weight excluding hydrogens is 467 g/mol. The van der Waals surface area contributed by atoms with Crippen LogP contribution in [0.2, 0.25) is 0 Å². The number of aryl methyl sites for hydroxylation is 1. The molecule has 2 aromatic heterocycles. The number of carbonyl (C=O) groups excluding carboxylic acids is 3. The summed E-state index contributed by atoms with van der Waals surface area (Å²) in [5.41, 5.74) is -1.76. The van der Waals surface area contributed by atoms with Crippen LogP contribution in [-0.4, -0.2) is 43.5 Å². The molecule has 3 aromatic rings. The first kappa shape index (κ1) is 23.7. The topological polar surface area (TPSA) is 146 Å². The third kappa shape index (κ3) is 4.63. The molecule has 0 unspecified atom stereocenters. The molecule has 35 heavy (non-hydrogen) atoms. The fourth-order valence-corrected chi connectivity index (χ4v) is 4.04. The number of aromatic amines is 1. The number of Topliss-reactive ketones (excluding diaryl/α,β-unsaturated/α-hetero) is 1. The summed E-state index contributed by atoms with van der Waals surface area (Å²) in [6.07, 6.45) is 1.08. The Labute approximate surface area is 196 Å². The van der Waals surface area contributed by atoms with E-state index in [9.17, 15) is 27.6 Å². The molecule has 0 spiro atoms. The molecule has 0 aliphatic heterocycles. The molecule has 1 fully saturated rings. The van der Waals surface area contributed by atoms with E-state index in [1.165, 1.54) is 30.1 Å². The molecule has 3 N–H and O–H groups in total. The van der Waals surface area contributed by atoms with Crippen molar-refractivity contribution in [3.05, 3.63) is 65.0 Å². The lowest BCUT2D eigenvalue weighted by Gasteiger charge is -2.27. The normalized spacial score (nSPS) is 18.6. The maximum absolute atomic E-state index is 14.0. The fraction of sp³-hybridized carbons (Fsp3) is 0.273. The number of H-pyrrole nitrogens is 1. The van der Waals surface area contributed by atoms with Crippen LogP contribution < -0.4 is 10.6 Å². The van der Waals surface area contributed by atoms with Crippen molar-refractivity contribution < 1.29 is 27.6 Å². The largest absolute Gasteiger partial charge is 0.346 e. The number of ketones is 1. The summed E-state index contributed by atoms with van der Waals surface area (Å²) in [6.45, 7) is 0. The summed E-state index contributed by atoms with van der Waals surface area (Å²) in [5, 5.41) is 23.6. The second-order valence-corrected chi connectivity index (χ2v) is 8.24. The molecule has 2 amide bonds. The second kappa shape index (κ2) is 8.71. The summed E-state index contributed by atoms with van der Waals surface area (Å²) in [6, 6.07) is 6.26. The van der Waals surface area contributed by atoms with E-state index in [-0.39, 0.29) is 34.6 Å². The number of anilines is 1. The van der Waals surface area contributed by atoms with Gasteiger partial charge in [0.05, 0.1) is 17.3 Å². The second-order valence-electron chi connectivity index (χ2n) is 8.24. The number of nitriles is 1. The van der Waals surface area contributed by atoms with Crippen LogP contribution in [0.15, 0.2) is 36.7 Å². The highest BCUT2D eigenvalue weighted by Crippen LogP contribution is 2.46. The van der Waals surface area contributed by atoms with Crippen molar-refractivity contribution >= 4 is 23.3 Å². The van der Waals surface area contributed by atoms with Gasteiger partial charge >= 0.3 is 0 Å². The van der Waals surface area contributed by atoms with Crippen LogP contribution >= 0.6 is 0 Å². The van der Waals surface area contributed by atoms with Crippen LogP contribution in [0.5, 0.6) is 0 Å². The Morgan fingerprint density at radius 1 is 1.23 bits per heavy atom. The summed E-state index contributed by atoms with van der Waals surface area (Å²) in [7, 11) is 1.46. The highest BCUT2D eigenvalue weighted by atomic mass is 19.3. The van der Waals surface area contributed by atoms with Crippen LogP contribution in [-0.2, 0) is 17.4 Å². The van der Waals surface area contributed by atoms with Crippen molar-refractivity contribution in [1.29, 1.82) is 5.26 Å². The number of aromatic nitrogens is 4. The number of amides is 2. The van der Waals surface area contributed by atoms with E-state index >= 15 is 0 Å². The van der Waals surface area contributed by atoms with Crippen molar-refractivity contribution in [1.82, 2.24) is 25.3 Å². The Bertz CT molecular complexity index is 1360. The van der Waals surface area contributed by atoms with E-state index in [0.717, 1.165) is 18.2 Å². The Morgan fingerprint density at radius 3 is 2.63 bits per heavy atom. The Kier molecular flexibility index (Phi) is 5.89. The van der Waals surface area contributed by atoms with E-state index in [1.54, 1.807) is 6.07 Å². The Balaban J connectivity index is 1.52. The van der Waals surface area contributed by atoms with E-state index < -0.39 is 47.7 Å². The predicted octanol–water partition coefficient (Wildman–Crippen LogP) is 2.42. The van der Waals surface area contributed by atoms with E-state index in [0.29, 0.717) is 0 Å². The molecule has 0 radical (unpaired) electrons. The van der Waals surface area contributed by atoms with Gasteiger partial charge in [-0.3, -0.25) is 14.4 Å². The average molecular weight is 485 g/mol. The van der Waals surface area contributed by atoms with E-state index in [1.807, 2.05) is 0 Å². The van der Waals surface area contributed by atoms with Crippen LogP contribution in [0.25, 0.3) is 0 Å². The molecule has 0 bridgehead atoms. The summed E-state index contributed by atoms with van der Waals surface area (Å²) in [5.74, 6) is -6.66. The van der Waals surface area contributed by atoms with Gasteiger partial charge in [0, 0.05) is 37.3 Å². The summed E-state index contributed by atoms with van der Waals surface area (Å²) in [4.78, 5) is 38.2. The first-order chi connectivity index (χ1) is 16.5.